The van der Waals surface area contributed by atoms with Gasteiger partial charge in [-0.25, -0.2) is 0 Å². The lowest BCUT2D eigenvalue weighted by molar-refractivity contribution is -0.0510. The van der Waals surface area contributed by atoms with Crippen molar-refractivity contribution in [3.63, 3.8) is 0 Å². The second kappa shape index (κ2) is 4.28. The van der Waals surface area contributed by atoms with E-state index in [1.807, 2.05) is 0 Å². The van der Waals surface area contributed by atoms with Gasteiger partial charge in [0.1, 0.15) is 0 Å². The van der Waals surface area contributed by atoms with Crippen LogP contribution in [0.15, 0.2) is 0 Å². The molecule has 16 heavy (non-hydrogen) atoms. The first-order valence-electron chi connectivity index (χ1n) is 6.95. The van der Waals surface area contributed by atoms with Crippen LogP contribution in [-0.4, -0.2) is 62.2 Å². The molecule has 0 radical (unpaired) electrons. The zero-order valence-corrected chi connectivity index (χ0v) is 10.5. The van der Waals surface area contributed by atoms with Crippen LogP contribution in [0.5, 0.6) is 0 Å². The number of likely N-dealkylation sites (tertiary alicyclic amines) is 2. The third-order valence-corrected chi connectivity index (χ3v) is 4.79. The van der Waals surface area contributed by atoms with Gasteiger partial charge in [0.2, 0.25) is 0 Å². The Morgan fingerprint density at radius 3 is 2.31 bits per heavy atom. The maximum Gasteiger partial charge on any atom is 0.0207 e. The molecule has 3 nitrogen and oxygen atoms in total. The molecule has 0 aromatic heterocycles. The summed E-state index contributed by atoms with van der Waals surface area (Å²) in [6, 6.07) is 0. The molecule has 1 spiro atoms. The molecule has 3 heterocycles. The van der Waals surface area contributed by atoms with Crippen molar-refractivity contribution in [2.45, 2.75) is 19.8 Å². The fraction of sp³-hybridized carbons (Fsp3) is 1.00. The van der Waals surface area contributed by atoms with E-state index in [1.54, 1.807) is 0 Å². The zero-order chi connectivity index (χ0) is 11.0. The molecule has 1 N–H and O–H groups in total. The smallest absolute Gasteiger partial charge is 0.0207 e. The van der Waals surface area contributed by atoms with E-state index < -0.39 is 0 Å². The van der Waals surface area contributed by atoms with Crippen molar-refractivity contribution in [3.05, 3.63) is 0 Å². The lowest BCUT2D eigenvalue weighted by Crippen LogP contribution is -2.71. The van der Waals surface area contributed by atoms with Gasteiger partial charge >= 0.3 is 0 Å². The first-order valence-corrected chi connectivity index (χ1v) is 6.95. The van der Waals surface area contributed by atoms with Gasteiger partial charge in [-0.05, 0) is 38.4 Å². The Hall–Kier alpha value is -0.120. The van der Waals surface area contributed by atoms with Crippen molar-refractivity contribution >= 4 is 0 Å². The minimum Gasteiger partial charge on any atom is -0.315 e. The normalized spacial score (nSPS) is 31.3. The predicted octanol–water partition coefficient (Wildman–Crippen LogP) is 0.624. The highest BCUT2D eigenvalue weighted by Crippen LogP contribution is 2.35. The van der Waals surface area contributed by atoms with E-state index in [4.69, 9.17) is 0 Å². The molecule has 3 aliphatic rings. The number of piperidine rings is 1. The van der Waals surface area contributed by atoms with Gasteiger partial charge in [0.25, 0.3) is 0 Å². The number of rotatable bonds is 3. The fourth-order valence-corrected chi connectivity index (χ4v) is 3.58. The van der Waals surface area contributed by atoms with E-state index in [0.717, 1.165) is 5.92 Å². The molecule has 0 aromatic rings. The molecule has 0 aliphatic carbocycles. The largest absolute Gasteiger partial charge is 0.315 e. The number of nitrogens with zero attached hydrogens (tertiary/aromatic N) is 2. The Morgan fingerprint density at radius 1 is 1.12 bits per heavy atom. The first kappa shape index (κ1) is 11.0. The maximum absolute atomic E-state index is 3.41. The number of hydrogen-bond acceptors (Lipinski definition) is 3. The minimum atomic E-state index is 0.712. The summed E-state index contributed by atoms with van der Waals surface area (Å²) in [5.74, 6) is 0.980. The summed E-state index contributed by atoms with van der Waals surface area (Å²) in [6.45, 7) is 12.9. The molecule has 3 saturated heterocycles. The summed E-state index contributed by atoms with van der Waals surface area (Å²) in [6.07, 6.45) is 2.85. The Labute approximate surface area is 99.2 Å². The van der Waals surface area contributed by atoms with Gasteiger partial charge in [-0.3, -0.25) is 0 Å². The van der Waals surface area contributed by atoms with Gasteiger partial charge in [-0.15, -0.1) is 0 Å². The molecule has 0 atom stereocenters. The molecular weight excluding hydrogens is 198 g/mol. The van der Waals surface area contributed by atoms with Crippen molar-refractivity contribution in [1.82, 2.24) is 15.1 Å². The van der Waals surface area contributed by atoms with E-state index >= 15 is 0 Å². The van der Waals surface area contributed by atoms with E-state index in [9.17, 15) is 0 Å². The van der Waals surface area contributed by atoms with E-state index in [1.165, 1.54) is 65.2 Å². The molecule has 3 heteroatoms. The quantitative estimate of drug-likeness (QED) is 0.757. The van der Waals surface area contributed by atoms with Crippen LogP contribution in [0, 0.1) is 11.3 Å². The van der Waals surface area contributed by atoms with Crippen LogP contribution >= 0.6 is 0 Å². The highest BCUT2D eigenvalue weighted by atomic mass is 15.3. The molecule has 3 fully saturated rings. The summed E-state index contributed by atoms with van der Waals surface area (Å²) in [7, 11) is 0. The van der Waals surface area contributed by atoms with Crippen molar-refractivity contribution in [2.24, 2.45) is 11.3 Å². The monoisotopic (exact) mass is 223 g/mol. The van der Waals surface area contributed by atoms with Gasteiger partial charge in [0, 0.05) is 38.1 Å². The van der Waals surface area contributed by atoms with E-state index in [-0.39, 0.29) is 0 Å². The van der Waals surface area contributed by atoms with E-state index in [2.05, 4.69) is 22.0 Å². The Morgan fingerprint density at radius 2 is 1.81 bits per heavy atom. The molecule has 0 bridgehead atoms. The average molecular weight is 223 g/mol. The third kappa shape index (κ3) is 2.01. The van der Waals surface area contributed by atoms with Gasteiger partial charge in [-0.2, -0.15) is 0 Å². The third-order valence-electron chi connectivity index (χ3n) is 4.79. The molecule has 3 rings (SSSR count). The lowest BCUT2D eigenvalue weighted by atomic mass is 9.74. The van der Waals surface area contributed by atoms with E-state index in [0.29, 0.717) is 5.41 Å². The fourth-order valence-electron chi connectivity index (χ4n) is 3.58. The first-order chi connectivity index (χ1) is 7.80. The highest BCUT2D eigenvalue weighted by Gasteiger charge is 2.47. The van der Waals surface area contributed by atoms with Crippen LogP contribution in [0.4, 0.5) is 0 Å². The van der Waals surface area contributed by atoms with Crippen molar-refractivity contribution in [1.29, 1.82) is 0 Å². The second-order valence-corrected chi connectivity index (χ2v) is 6.15. The summed E-state index contributed by atoms with van der Waals surface area (Å²) in [4.78, 5) is 5.27. The second-order valence-electron chi connectivity index (χ2n) is 6.15. The summed E-state index contributed by atoms with van der Waals surface area (Å²) >= 11 is 0. The number of hydrogen-bond donors (Lipinski definition) is 1. The molecule has 0 saturated carbocycles. The average Bonchev–Trinajstić information content (AvgIpc) is 2.21. The van der Waals surface area contributed by atoms with Crippen LogP contribution in [0.25, 0.3) is 0 Å². The Balaban J connectivity index is 1.37. The van der Waals surface area contributed by atoms with Crippen LogP contribution in [0.1, 0.15) is 19.8 Å². The standard InChI is InChI=1S/C13H25N3/c1-2-15-5-3-12(4-6-15)7-16-10-13(11-16)8-14-9-13/h12,14H,2-11H2,1H3. The molecular formula is C13H25N3. The van der Waals surface area contributed by atoms with Crippen LogP contribution in [0.2, 0.25) is 0 Å². The minimum absolute atomic E-state index is 0.712. The SMILES string of the molecule is CCN1CCC(CN2CC3(CNC3)C2)CC1. The van der Waals surface area contributed by atoms with Gasteiger partial charge < -0.3 is 15.1 Å². The van der Waals surface area contributed by atoms with Crippen LogP contribution in [-0.2, 0) is 0 Å². The van der Waals surface area contributed by atoms with Crippen LogP contribution in [0.3, 0.4) is 0 Å². The van der Waals surface area contributed by atoms with Gasteiger partial charge in [0.15, 0.2) is 0 Å². The molecule has 92 valence electrons. The van der Waals surface area contributed by atoms with Gasteiger partial charge in [0.05, 0.1) is 0 Å². The van der Waals surface area contributed by atoms with Crippen molar-refractivity contribution in [2.75, 3.05) is 52.4 Å². The van der Waals surface area contributed by atoms with Gasteiger partial charge in [-0.1, -0.05) is 6.92 Å². The summed E-state index contributed by atoms with van der Waals surface area (Å²) < 4.78 is 0. The Bertz CT molecular complexity index is 234. The zero-order valence-electron chi connectivity index (χ0n) is 10.5. The highest BCUT2D eigenvalue weighted by molar-refractivity contribution is 5.04. The molecule has 0 aromatic carbocycles. The lowest BCUT2D eigenvalue weighted by Gasteiger charge is -2.57. The molecule has 3 aliphatic heterocycles. The van der Waals surface area contributed by atoms with Crippen molar-refractivity contribution in [3.8, 4) is 0 Å². The predicted molar refractivity (Wildman–Crippen MR) is 66.6 cm³/mol. The summed E-state index contributed by atoms with van der Waals surface area (Å²) in [5.41, 5.74) is 0.712. The van der Waals surface area contributed by atoms with Crippen molar-refractivity contribution < 1.29 is 0 Å². The summed E-state index contributed by atoms with van der Waals surface area (Å²) in [5, 5.41) is 3.41. The molecule has 0 amide bonds. The number of nitrogens with one attached hydrogen (secondary N) is 1. The Kier molecular flexibility index (Phi) is 2.94. The topological polar surface area (TPSA) is 18.5 Å². The maximum atomic E-state index is 3.41. The molecule has 0 unspecified atom stereocenters. The van der Waals surface area contributed by atoms with Crippen LogP contribution < -0.4 is 5.32 Å².